The highest BCUT2D eigenvalue weighted by atomic mass is 79.9. The molecule has 0 spiro atoms. The molecule has 14 nitrogen and oxygen atoms in total. The Bertz CT molecular complexity index is 4990. The van der Waals surface area contributed by atoms with Crippen LogP contribution in [0.1, 0.15) is 83.1 Å². The third-order valence-electron chi connectivity index (χ3n) is 20.5. The molecule has 3 aliphatic rings. The Morgan fingerprint density at radius 3 is 0.750 bits per heavy atom. The standard InChI is InChI=1S/C38H33BN4O2.C32H21BrN4.C12H24B2O4/c1-37(2)38(3,4)45-39(44-37)28-24-26(35-40-31-19-11-13-21-33(31)42(35)29-15-7-5-8-16-29)23-27(25-28)36-41-32-20-12-14-22-34(32)43(36)30-17-9-6-10-18-30;33-24-20-22(31-34-27-15-7-9-17-29(27)36(31)25-11-3-1-4-12-25)19-23(21-24)32-35-28-16-8-10-18-30(28)37(32)26-13-5-2-6-14-26;1-9(2)10(3,4)16-13(15-9)14-17-11(5,6)12(7,8)18-14/h5-25H,1-4H3;1-21H;1-8H3. The van der Waals surface area contributed by atoms with Crippen molar-refractivity contribution in [2.75, 3.05) is 0 Å². The normalized spacial score (nSPS) is 17.0. The Morgan fingerprint density at radius 2 is 0.490 bits per heavy atom. The molecule has 0 amide bonds. The lowest BCUT2D eigenvalue weighted by atomic mass is 9.49. The number of hydrogen-bond acceptors (Lipinski definition) is 10. The molecule has 18 heteroatoms. The lowest BCUT2D eigenvalue weighted by molar-refractivity contribution is 0.00578. The van der Waals surface area contributed by atoms with E-state index in [9.17, 15) is 0 Å². The van der Waals surface area contributed by atoms with Crippen molar-refractivity contribution in [3.8, 4) is 68.3 Å². The van der Waals surface area contributed by atoms with E-state index < -0.39 is 32.3 Å². The first-order valence-corrected chi connectivity index (χ1v) is 34.9. The van der Waals surface area contributed by atoms with E-state index in [1.807, 2.05) is 104 Å². The number of rotatable bonds is 10. The average Bonchev–Trinajstić information content (AvgIpc) is 1.56. The summed E-state index contributed by atoms with van der Waals surface area (Å²) >= 11 is 3.78. The van der Waals surface area contributed by atoms with E-state index in [-0.39, 0.29) is 22.4 Å². The molecule has 3 fully saturated rings. The number of para-hydroxylation sites is 12. The van der Waals surface area contributed by atoms with Crippen molar-refractivity contribution >= 4 is 86.7 Å². The Morgan fingerprint density at radius 1 is 0.270 bits per heavy atom. The van der Waals surface area contributed by atoms with Gasteiger partial charge in [0.1, 0.15) is 23.3 Å². The first-order chi connectivity index (χ1) is 47.9. The van der Waals surface area contributed by atoms with E-state index in [0.717, 1.165) is 122 Å². The fourth-order valence-electron chi connectivity index (χ4n) is 13.1. The molecular formula is C82H78B3BrN8O6. The van der Waals surface area contributed by atoms with Crippen LogP contribution in [-0.2, 0) is 27.9 Å². The highest BCUT2D eigenvalue weighted by Crippen LogP contribution is 2.45. The van der Waals surface area contributed by atoms with E-state index in [1.165, 1.54) is 0 Å². The van der Waals surface area contributed by atoms with Crippen LogP contribution in [0.5, 0.6) is 0 Å². The Hall–Kier alpha value is -9.49. The van der Waals surface area contributed by atoms with Crippen LogP contribution >= 0.6 is 15.9 Å². The monoisotopic (exact) mass is 1380 g/mol. The van der Waals surface area contributed by atoms with Crippen molar-refractivity contribution in [2.24, 2.45) is 0 Å². The summed E-state index contributed by atoms with van der Waals surface area (Å²) in [6.07, 6.45) is 0. The molecular weight excluding hydrogens is 1310 g/mol. The number of nitrogens with zero attached hydrogens (tertiary/aromatic N) is 8. The van der Waals surface area contributed by atoms with Crippen LogP contribution in [0.2, 0.25) is 0 Å². The van der Waals surface area contributed by atoms with Gasteiger partial charge < -0.3 is 27.9 Å². The zero-order valence-electron chi connectivity index (χ0n) is 58.4. The van der Waals surface area contributed by atoms with Gasteiger partial charge in [-0.25, -0.2) is 19.9 Å². The molecule has 498 valence electrons. The zero-order chi connectivity index (χ0) is 69.5. The van der Waals surface area contributed by atoms with Gasteiger partial charge in [-0.3, -0.25) is 18.3 Å². The van der Waals surface area contributed by atoms with Crippen molar-refractivity contribution in [3.63, 3.8) is 0 Å². The van der Waals surface area contributed by atoms with E-state index in [0.29, 0.717) is 0 Å². The molecule has 0 unspecified atom stereocenters. The summed E-state index contributed by atoms with van der Waals surface area (Å²) in [5, 5.41) is 0. The molecule has 0 bridgehead atoms. The highest BCUT2D eigenvalue weighted by Gasteiger charge is 2.64. The SMILES string of the molecule is Brc1cc(-c2nc3ccccc3n2-c2ccccc2)cc(-c2nc3ccccc3n2-c2ccccc2)c1.CC1(C)OB(B2OC(C)(C)C(C)(C)O2)OC1(C)C.CC1(C)OB(c2cc(-c3nc4ccccc4n3-c3ccccc3)cc(-c3nc4ccccc4n3-c3ccccc3)c2)OC1(C)C. The summed E-state index contributed by atoms with van der Waals surface area (Å²) in [4.78, 5) is 20.5. The average molecular weight is 1380 g/mol. The van der Waals surface area contributed by atoms with Gasteiger partial charge in [0.05, 0.1) is 77.7 Å². The number of benzene rings is 10. The van der Waals surface area contributed by atoms with Crippen molar-refractivity contribution in [1.29, 1.82) is 0 Å². The summed E-state index contributed by atoms with van der Waals surface area (Å²) in [6.45, 7) is 24.5. The molecule has 0 atom stereocenters. The van der Waals surface area contributed by atoms with E-state index in [1.54, 1.807) is 0 Å². The Kier molecular flexibility index (Phi) is 17.0. The predicted octanol–water partition coefficient (Wildman–Crippen LogP) is 18.7. The van der Waals surface area contributed by atoms with Gasteiger partial charge in [0.25, 0.3) is 0 Å². The van der Waals surface area contributed by atoms with Crippen LogP contribution in [-0.4, -0.2) is 92.9 Å². The van der Waals surface area contributed by atoms with Gasteiger partial charge in [0, 0.05) is 49.5 Å². The second-order valence-electron chi connectivity index (χ2n) is 28.8. The zero-order valence-corrected chi connectivity index (χ0v) is 60.0. The molecule has 14 aromatic rings. The lowest BCUT2D eigenvalue weighted by Crippen LogP contribution is -2.41. The van der Waals surface area contributed by atoms with Gasteiger partial charge >= 0.3 is 21.1 Å². The quantitative estimate of drug-likeness (QED) is 0.122. The third-order valence-corrected chi connectivity index (χ3v) is 20.9. The van der Waals surface area contributed by atoms with Gasteiger partial charge in [-0.15, -0.1) is 0 Å². The van der Waals surface area contributed by atoms with Crippen molar-refractivity contribution in [1.82, 2.24) is 38.2 Å². The van der Waals surface area contributed by atoms with Crippen LogP contribution < -0.4 is 5.46 Å². The van der Waals surface area contributed by atoms with Crippen molar-refractivity contribution in [2.45, 2.75) is 117 Å². The van der Waals surface area contributed by atoms with Crippen molar-refractivity contribution in [3.05, 3.63) is 259 Å². The van der Waals surface area contributed by atoms with E-state index in [2.05, 4.69) is 268 Å². The fraction of sp³-hybridized carbons (Fsp3) is 0.220. The van der Waals surface area contributed by atoms with E-state index in [4.69, 9.17) is 47.9 Å². The topological polar surface area (TPSA) is 127 Å². The maximum atomic E-state index is 6.60. The molecule has 0 N–H and O–H groups in total. The molecule has 4 aromatic heterocycles. The number of fused-ring (bicyclic) bond motifs is 4. The fourth-order valence-corrected chi connectivity index (χ4v) is 13.6. The second kappa shape index (κ2) is 25.6. The highest BCUT2D eigenvalue weighted by molar-refractivity contribution is 9.10. The number of halogens is 1. The van der Waals surface area contributed by atoms with Crippen LogP contribution in [0.25, 0.3) is 112 Å². The maximum absolute atomic E-state index is 6.60. The van der Waals surface area contributed by atoms with Gasteiger partial charge in [-0.05, 0) is 210 Å². The van der Waals surface area contributed by atoms with E-state index >= 15 is 0 Å². The molecule has 7 heterocycles. The number of aromatic nitrogens is 8. The van der Waals surface area contributed by atoms with Gasteiger partial charge in [0.2, 0.25) is 0 Å². The number of imidazole rings is 4. The van der Waals surface area contributed by atoms with Crippen LogP contribution in [0.15, 0.2) is 259 Å². The Labute approximate surface area is 593 Å². The third kappa shape index (κ3) is 12.2. The summed E-state index contributed by atoms with van der Waals surface area (Å²) < 4.78 is 46.9. The van der Waals surface area contributed by atoms with Crippen LogP contribution in [0.4, 0.5) is 0 Å². The second-order valence-corrected chi connectivity index (χ2v) is 29.7. The molecule has 0 aliphatic carbocycles. The lowest BCUT2D eigenvalue weighted by Gasteiger charge is -2.32. The minimum absolute atomic E-state index is 0.360. The summed E-state index contributed by atoms with van der Waals surface area (Å²) in [5.41, 5.74) is 14.6. The maximum Gasteiger partial charge on any atom is 0.494 e. The summed E-state index contributed by atoms with van der Waals surface area (Å²) in [7, 11) is -1.51. The molecule has 0 radical (unpaired) electrons. The summed E-state index contributed by atoms with van der Waals surface area (Å²) in [5.74, 6) is 3.45. The predicted molar refractivity (Wildman–Crippen MR) is 409 cm³/mol. The first-order valence-electron chi connectivity index (χ1n) is 34.1. The van der Waals surface area contributed by atoms with Crippen LogP contribution in [0.3, 0.4) is 0 Å². The smallest absolute Gasteiger partial charge is 0.405 e. The minimum Gasteiger partial charge on any atom is -0.405 e. The first kappa shape index (κ1) is 66.4. The Balaban J connectivity index is 0.000000133. The molecule has 3 saturated heterocycles. The largest absolute Gasteiger partial charge is 0.494 e. The van der Waals surface area contributed by atoms with Crippen molar-refractivity contribution < 1.29 is 27.9 Å². The van der Waals surface area contributed by atoms with Gasteiger partial charge in [-0.1, -0.05) is 149 Å². The molecule has 10 aromatic carbocycles. The van der Waals surface area contributed by atoms with Crippen LogP contribution in [0, 0.1) is 0 Å². The molecule has 17 rings (SSSR count). The molecule has 0 saturated carbocycles. The van der Waals surface area contributed by atoms with Gasteiger partial charge in [0.15, 0.2) is 0 Å². The summed E-state index contributed by atoms with van der Waals surface area (Å²) in [6, 6.07) is 87.5. The molecule has 100 heavy (non-hydrogen) atoms. The molecule has 3 aliphatic heterocycles. The van der Waals surface area contributed by atoms with Gasteiger partial charge in [-0.2, -0.15) is 0 Å². The number of hydrogen-bond donors (Lipinski definition) is 0. The minimum atomic E-state index is -0.558.